The molecule has 0 saturated heterocycles. The summed E-state index contributed by atoms with van der Waals surface area (Å²) in [6.45, 7) is 4.29. The van der Waals surface area contributed by atoms with Gasteiger partial charge in [0.05, 0.1) is 6.10 Å². The molecule has 1 aliphatic carbocycles. The highest BCUT2D eigenvalue weighted by Gasteiger charge is 2.24. The molecule has 1 nitrogen and oxygen atoms in total. The van der Waals surface area contributed by atoms with Crippen LogP contribution in [-0.4, -0.2) is 11.2 Å². The molecule has 2 atom stereocenters. The lowest BCUT2D eigenvalue weighted by atomic mass is 9.78. The zero-order valence-corrected chi connectivity index (χ0v) is 8.42. The minimum atomic E-state index is -0.0619. The van der Waals surface area contributed by atoms with E-state index < -0.39 is 0 Å². The van der Waals surface area contributed by atoms with Crippen molar-refractivity contribution in [1.29, 1.82) is 0 Å². The summed E-state index contributed by atoms with van der Waals surface area (Å²) in [5.74, 6) is 1.32. The highest BCUT2D eigenvalue weighted by Crippen LogP contribution is 2.32. The molecule has 0 unspecified atom stereocenters. The van der Waals surface area contributed by atoms with Gasteiger partial charge in [-0.15, -0.1) is 0 Å². The molecule has 1 saturated carbocycles. The van der Waals surface area contributed by atoms with Crippen LogP contribution in [0.3, 0.4) is 0 Å². The van der Waals surface area contributed by atoms with Gasteiger partial charge in [0.15, 0.2) is 0 Å². The second kappa shape index (κ2) is 4.86. The van der Waals surface area contributed by atoms with Crippen molar-refractivity contribution in [2.24, 2.45) is 11.8 Å². The van der Waals surface area contributed by atoms with Gasteiger partial charge in [-0.05, 0) is 18.3 Å². The van der Waals surface area contributed by atoms with Crippen LogP contribution in [0.2, 0.25) is 0 Å². The Balaban J connectivity index is 2.33. The van der Waals surface area contributed by atoms with Crippen LogP contribution in [0.1, 0.15) is 52.4 Å². The summed E-state index contributed by atoms with van der Waals surface area (Å²) < 4.78 is 0. The Morgan fingerprint density at radius 3 is 2.33 bits per heavy atom. The maximum atomic E-state index is 9.68. The fourth-order valence-electron chi connectivity index (χ4n) is 2.35. The van der Waals surface area contributed by atoms with Crippen molar-refractivity contribution in [3.05, 3.63) is 0 Å². The number of aliphatic hydroxyl groups is 1. The minimum Gasteiger partial charge on any atom is -0.393 e. The molecule has 0 amide bonds. The lowest BCUT2D eigenvalue weighted by Crippen LogP contribution is -2.26. The van der Waals surface area contributed by atoms with E-state index in [9.17, 15) is 5.11 Å². The van der Waals surface area contributed by atoms with Crippen molar-refractivity contribution < 1.29 is 5.11 Å². The van der Waals surface area contributed by atoms with Gasteiger partial charge in [0, 0.05) is 0 Å². The molecular formula is C11H22O. The first-order chi connectivity index (χ1) is 5.75. The number of hydrogen-bond donors (Lipinski definition) is 1. The Hall–Kier alpha value is -0.0400. The Morgan fingerprint density at radius 1 is 1.25 bits per heavy atom. The quantitative estimate of drug-likeness (QED) is 0.690. The molecule has 0 bridgehead atoms. The average molecular weight is 170 g/mol. The van der Waals surface area contributed by atoms with Gasteiger partial charge < -0.3 is 5.11 Å². The van der Waals surface area contributed by atoms with E-state index in [-0.39, 0.29) is 6.10 Å². The summed E-state index contributed by atoms with van der Waals surface area (Å²) in [7, 11) is 0. The summed E-state index contributed by atoms with van der Waals surface area (Å²) in [5, 5.41) is 9.68. The molecule has 12 heavy (non-hydrogen) atoms. The first kappa shape index (κ1) is 10.0. The summed E-state index contributed by atoms with van der Waals surface area (Å²) in [6.07, 6.45) is 7.71. The average Bonchev–Trinajstić information content (AvgIpc) is 2.17. The lowest BCUT2D eigenvalue weighted by molar-refractivity contribution is 0.0661. The van der Waals surface area contributed by atoms with Crippen molar-refractivity contribution in [2.45, 2.75) is 58.5 Å². The van der Waals surface area contributed by atoms with Gasteiger partial charge >= 0.3 is 0 Å². The topological polar surface area (TPSA) is 20.2 Å². The molecule has 0 radical (unpaired) electrons. The predicted molar refractivity (Wildman–Crippen MR) is 52.0 cm³/mol. The van der Waals surface area contributed by atoms with Gasteiger partial charge in [-0.3, -0.25) is 0 Å². The molecule has 0 spiro atoms. The molecule has 1 aliphatic rings. The molecule has 1 N–H and O–H groups in total. The molecule has 72 valence electrons. The van der Waals surface area contributed by atoms with Crippen molar-refractivity contribution in [1.82, 2.24) is 0 Å². The van der Waals surface area contributed by atoms with Crippen molar-refractivity contribution >= 4 is 0 Å². The summed E-state index contributed by atoms with van der Waals surface area (Å²) >= 11 is 0. The first-order valence-electron chi connectivity index (χ1n) is 5.43. The lowest BCUT2D eigenvalue weighted by Gasteiger charge is -2.30. The van der Waals surface area contributed by atoms with E-state index in [0.29, 0.717) is 5.92 Å². The van der Waals surface area contributed by atoms with Crippen LogP contribution in [-0.2, 0) is 0 Å². The summed E-state index contributed by atoms with van der Waals surface area (Å²) in [5.41, 5.74) is 0. The van der Waals surface area contributed by atoms with E-state index in [1.807, 2.05) is 0 Å². The van der Waals surface area contributed by atoms with Crippen molar-refractivity contribution in [3.8, 4) is 0 Å². The Labute approximate surface area is 76.2 Å². The second-order valence-electron chi connectivity index (χ2n) is 4.23. The molecule has 0 aliphatic heterocycles. The third kappa shape index (κ3) is 2.48. The summed E-state index contributed by atoms with van der Waals surface area (Å²) in [6, 6.07) is 0. The fourth-order valence-corrected chi connectivity index (χ4v) is 2.35. The van der Waals surface area contributed by atoms with Gasteiger partial charge in [-0.2, -0.15) is 0 Å². The van der Waals surface area contributed by atoms with E-state index in [1.165, 1.54) is 32.1 Å². The minimum absolute atomic E-state index is 0.0619. The second-order valence-corrected chi connectivity index (χ2v) is 4.23. The standard InChI is InChI=1S/C11H22O/c1-3-11(12)9(2)10-7-5-4-6-8-10/h9-12H,3-8H2,1-2H3/t9-,11-/m0/s1. The molecule has 0 aromatic rings. The van der Waals surface area contributed by atoms with Crippen LogP contribution < -0.4 is 0 Å². The van der Waals surface area contributed by atoms with E-state index in [2.05, 4.69) is 13.8 Å². The summed E-state index contributed by atoms with van der Waals surface area (Å²) in [4.78, 5) is 0. The van der Waals surface area contributed by atoms with Crippen LogP contribution in [0.5, 0.6) is 0 Å². The molecule has 0 aromatic carbocycles. The van der Waals surface area contributed by atoms with Crippen LogP contribution >= 0.6 is 0 Å². The highest BCUT2D eigenvalue weighted by molar-refractivity contribution is 4.75. The van der Waals surface area contributed by atoms with Crippen molar-refractivity contribution in [3.63, 3.8) is 0 Å². The zero-order valence-electron chi connectivity index (χ0n) is 8.42. The van der Waals surface area contributed by atoms with Gasteiger partial charge in [0.2, 0.25) is 0 Å². The maximum Gasteiger partial charge on any atom is 0.0565 e. The van der Waals surface area contributed by atoms with Gasteiger partial charge in [0.25, 0.3) is 0 Å². The Kier molecular flexibility index (Phi) is 4.07. The molecule has 0 heterocycles. The SMILES string of the molecule is CC[C@H](O)[C@@H](C)C1CCCCC1. The van der Waals surface area contributed by atoms with E-state index in [0.717, 1.165) is 12.3 Å². The van der Waals surface area contributed by atoms with E-state index in [4.69, 9.17) is 0 Å². The van der Waals surface area contributed by atoms with Crippen molar-refractivity contribution in [2.75, 3.05) is 0 Å². The van der Waals surface area contributed by atoms with E-state index >= 15 is 0 Å². The molecular weight excluding hydrogens is 148 g/mol. The monoisotopic (exact) mass is 170 g/mol. The zero-order chi connectivity index (χ0) is 8.97. The van der Waals surface area contributed by atoms with Gasteiger partial charge in [-0.1, -0.05) is 46.0 Å². The Morgan fingerprint density at radius 2 is 1.83 bits per heavy atom. The van der Waals surface area contributed by atoms with Gasteiger partial charge in [-0.25, -0.2) is 0 Å². The number of hydrogen-bond acceptors (Lipinski definition) is 1. The van der Waals surface area contributed by atoms with Crippen LogP contribution in [0.4, 0.5) is 0 Å². The number of aliphatic hydroxyl groups excluding tert-OH is 1. The third-order valence-corrected chi connectivity index (χ3v) is 3.42. The molecule has 1 heteroatoms. The first-order valence-corrected chi connectivity index (χ1v) is 5.43. The number of rotatable bonds is 3. The largest absolute Gasteiger partial charge is 0.393 e. The molecule has 1 rings (SSSR count). The predicted octanol–water partition coefficient (Wildman–Crippen LogP) is 2.97. The van der Waals surface area contributed by atoms with Gasteiger partial charge in [0.1, 0.15) is 0 Å². The Bertz CT molecular complexity index is 116. The third-order valence-electron chi connectivity index (χ3n) is 3.42. The fraction of sp³-hybridized carbons (Fsp3) is 1.00. The van der Waals surface area contributed by atoms with Crippen LogP contribution in [0.15, 0.2) is 0 Å². The molecule has 0 aromatic heterocycles. The van der Waals surface area contributed by atoms with Crippen LogP contribution in [0, 0.1) is 11.8 Å². The highest BCUT2D eigenvalue weighted by atomic mass is 16.3. The van der Waals surface area contributed by atoms with E-state index in [1.54, 1.807) is 0 Å². The molecule has 1 fully saturated rings. The smallest absolute Gasteiger partial charge is 0.0565 e. The maximum absolute atomic E-state index is 9.68. The normalized spacial score (nSPS) is 25.2. The van der Waals surface area contributed by atoms with Crippen LogP contribution in [0.25, 0.3) is 0 Å².